The Morgan fingerprint density at radius 1 is 1.00 bits per heavy atom. The van der Waals surface area contributed by atoms with Gasteiger partial charge in [-0.25, -0.2) is 4.39 Å². The van der Waals surface area contributed by atoms with Crippen LogP contribution in [0.3, 0.4) is 0 Å². The topological polar surface area (TPSA) is 84.5 Å². The van der Waals surface area contributed by atoms with Crippen molar-refractivity contribution in [1.82, 2.24) is 5.32 Å². The molecular formula is C26H22ClFN2O4S. The first kappa shape index (κ1) is 26.0. The highest BCUT2D eigenvalue weighted by Crippen LogP contribution is 2.23. The fourth-order valence-electron chi connectivity index (χ4n) is 2.91. The van der Waals surface area contributed by atoms with Crippen LogP contribution in [0.5, 0.6) is 0 Å². The lowest BCUT2D eigenvalue weighted by Crippen LogP contribution is -2.30. The van der Waals surface area contributed by atoms with E-state index in [4.69, 9.17) is 16.3 Å². The molecule has 0 spiro atoms. The van der Waals surface area contributed by atoms with Crippen LogP contribution in [0.25, 0.3) is 6.08 Å². The maximum absolute atomic E-state index is 14.4. The Bertz CT molecular complexity index is 1210. The summed E-state index contributed by atoms with van der Waals surface area (Å²) >= 11 is 7.42. The summed E-state index contributed by atoms with van der Waals surface area (Å²) in [4.78, 5) is 38.1. The van der Waals surface area contributed by atoms with Gasteiger partial charge in [0.1, 0.15) is 11.5 Å². The molecule has 3 rings (SSSR count). The molecule has 0 aliphatic heterocycles. The number of carbonyl (C=O) groups is 3. The quantitative estimate of drug-likeness (QED) is 0.223. The van der Waals surface area contributed by atoms with Gasteiger partial charge in [0.25, 0.3) is 11.8 Å². The molecule has 3 aromatic carbocycles. The highest BCUT2D eigenvalue weighted by atomic mass is 35.5. The third-order valence-corrected chi connectivity index (χ3v) is 5.91. The average Bonchev–Trinajstić information content (AvgIpc) is 2.85. The highest BCUT2D eigenvalue weighted by molar-refractivity contribution is 8.00. The first-order valence-electron chi connectivity index (χ1n) is 10.6. The number of carbonyl (C=O) groups excluding carboxylic acids is 3. The minimum Gasteiger partial charge on any atom is -0.465 e. The van der Waals surface area contributed by atoms with Crippen molar-refractivity contribution in [3.63, 3.8) is 0 Å². The number of nitrogens with one attached hydrogen (secondary N) is 2. The van der Waals surface area contributed by atoms with Crippen LogP contribution < -0.4 is 10.6 Å². The van der Waals surface area contributed by atoms with Gasteiger partial charge in [0.05, 0.1) is 17.4 Å². The van der Waals surface area contributed by atoms with E-state index in [9.17, 15) is 18.8 Å². The van der Waals surface area contributed by atoms with Crippen LogP contribution in [0.1, 0.15) is 22.8 Å². The lowest BCUT2D eigenvalue weighted by atomic mass is 10.1. The van der Waals surface area contributed by atoms with Gasteiger partial charge in [-0.05, 0) is 61.5 Å². The van der Waals surface area contributed by atoms with Gasteiger partial charge in [-0.15, -0.1) is 11.8 Å². The van der Waals surface area contributed by atoms with Crippen LogP contribution in [-0.2, 0) is 14.3 Å². The van der Waals surface area contributed by atoms with Gasteiger partial charge in [0, 0.05) is 21.7 Å². The number of hydrogen-bond donors (Lipinski definition) is 2. The van der Waals surface area contributed by atoms with E-state index in [1.165, 1.54) is 36.0 Å². The number of halogens is 2. The van der Waals surface area contributed by atoms with Crippen LogP contribution in [0.4, 0.5) is 10.1 Å². The second kappa shape index (κ2) is 12.7. The zero-order valence-electron chi connectivity index (χ0n) is 18.7. The van der Waals surface area contributed by atoms with Gasteiger partial charge in [-0.1, -0.05) is 35.9 Å². The van der Waals surface area contributed by atoms with E-state index >= 15 is 0 Å². The van der Waals surface area contributed by atoms with Gasteiger partial charge in [-0.3, -0.25) is 14.4 Å². The molecule has 0 fully saturated rings. The number of anilines is 1. The molecule has 0 unspecified atom stereocenters. The summed E-state index contributed by atoms with van der Waals surface area (Å²) in [7, 11) is 0. The largest absolute Gasteiger partial charge is 0.465 e. The summed E-state index contributed by atoms with van der Waals surface area (Å²) in [6.07, 6.45) is 1.19. The Morgan fingerprint density at radius 3 is 2.37 bits per heavy atom. The van der Waals surface area contributed by atoms with Gasteiger partial charge in [0.15, 0.2) is 0 Å². The van der Waals surface area contributed by atoms with E-state index in [1.54, 1.807) is 61.5 Å². The molecule has 2 amide bonds. The van der Waals surface area contributed by atoms with E-state index in [1.807, 2.05) is 0 Å². The molecule has 35 heavy (non-hydrogen) atoms. The van der Waals surface area contributed by atoms with Crippen LogP contribution in [0.2, 0.25) is 5.02 Å². The average molecular weight is 513 g/mol. The molecule has 2 N–H and O–H groups in total. The monoisotopic (exact) mass is 512 g/mol. The van der Waals surface area contributed by atoms with Crippen molar-refractivity contribution in [1.29, 1.82) is 0 Å². The van der Waals surface area contributed by atoms with Crippen molar-refractivity contribution in [3.05, 3.63) is 100 Å². The third-order valence-electron chi connectivity index (χ3n) is 4.59. The van der Waals surface area contributed by atoms with Gasteiger partial charge in [0.2, 0.25) is 0 Å². The maximum Gasteiger partial charge on any atom is 0.316 e. The SMILES string of the molecule is CCOC(=O)CSc1ccc(NC(=O)/C(=C/c2c(F)cccc2Cl)NC(=O)c2ccccc2)cc1. The van der Waals surface area contributed by atoms with Crippen LogP contribution in [0.15, 0.2) is 83.4 Å². The lowest BCUT2D eigenvalue weighted by Gasteiger charge is -2.12. The molecule has 3 aromatic rings. The van der Waals surface area contributed by atoms with E-state index in [-0.39, 0.29) is 28.0 Å². The number of benzene rings is 3. The highest BCUT2D eigenvalue weighted by Gasteiger charge is 2.17. The van der Waals surface area contributed by atoms with Gasteiger partial charge >= 0.3 is 5.97 Å². The summed E-state index contributed by atoms with van der Waals surface area (Å²) in [5, 5.41) is 5.31. The zero-order valence-corrected chi connectivity index (χ0v) is 20.3. The number of hydrogen-bond acceptors (Lipinski definition) is 5. The molecule has 0 saturated carbocycles. The first-order valence-corrected chi connectivity index (χ1v) is 12.0. The fourth-order valence-corrected chi connectivity index (χ4v) is 3.83. The van der Waals surface area contributed by atoms with Crippen LogP contribution >= 0.6 is 23.4 Å². The summed E-state index contributed by atoms with van der Waals surface area (Å²) < 4.78 is 19.3. The van der Waals surface area contributed by atoms with Crippen molar-refractivity contribution >= 4 is 52.9 Å². The number of thioether (sulfide) groups is 1. The summed E-state index contributed by atoms with van der Waals surface area (Å²) in [5.41, 5.74) is 0.550. The molecule has 0 aliphatic carbocycles. The molecular weight excluding hydrogens is 491 g/mol. The van der Waals surface area contributed by atoms with E-state index in [2.05, 4.69) is 10.6 Å². The fraction of sp³-hybridized carbons (Fsp3) is 0.115. The van der Waals surface area contributed by atoms with E-state index in [0.717, 1.165) is 4.90 Å². The predicted molar refractivity (Wildman–Crippen MR) is 136 cm³/mol. The standard InChI is InChI=1S/C26H22ClFN2O4S/c1-2-34-24(31)16-35-19-13-11-18(12-14-19)29-26(33)23(15-20-21(27)9-6-10-22(20)28)30-25(32)17-7-4-3-5-8-17/h3-15H,2,16H2,1H3,(H,29,33)(H,30,32)/b23-15-. The molecule has 6 nitrogen and oxygen atoms in total. The minimum absolute atomic E-state index is 0.0293. The molecule has 0 aliphatic rings. The van der Waals surface area contributed by atoms with E-state index in [0.29, 0.717) is 17.9 Å². The Balaban J connectivity index is 1.79. The van der Waals surface area contributed by atoms with E-state index < -0.39 is 17.6 Å². The Hall–Kier alpha value is -3.62. The van der Waals surface area contributed by atoms with Gasteiger partial charge in [-0.2, -0.15) is 0 Å². The van der Waals surface area contributed by atoms with Crippen LogP contribution in [0, 0.1) is 5.82 Å². The number of ether oxygens (including phenoxy) is 1. The Labute approximate surface area is 211 Å². The second-order valence-electron chi connectivity index (χ2n) is 7.09. The predicted octanol–water partition coefficient (Wildman–Crippen LogP) is 5.54. The molecule has 0 aromatic heterocycles. The lowest BCUT2D eigenvalue weighted by molar-refractivity contribution is -0.139. The number of esters is 1. The molecule has 0 saturated heterocycles. The van der Waals surface area contributed by atoms with Crippen LogP contribution in [-0.4, -0.2) is 30.1 Å². The molecule has 0 atom stereocenters. The molecule has 0 bridgehead atoms. The maximum atomic E-state index is 14.4. The summed E-state index contributed by atoms with van der Waals surface area (Å²) in [6.45, 7) is 2.06. The van der Waals surface area contributed by atoms with Crippen molar-refractivity contribution < 1.29 is 23.5 Å². The second-order valence-corrected chi connectivity index (χ2v) is 8.54. The zero-order chi connectivity index (χ0) is 25.2. The Morgan fingerprint density at radius 2 is 1.71 bits per heavy atom. The summed E-state index contributed by atoms with van der Waals surface area (Å²) in [5.74, 6) is -1.99. The first-order chi connectivity index (χ1) is 16.9. The number of rotatable bonds is 9. The normalized spacial score (nSPS) is 11.0. The molecule has 0 radical (unpaired) electrons. The smallest absolute Gasteiger partial charge is 0.316 e. The third kappa shape index (κ3) is 7.70. The van der Waals surface area contributed by atoms with Crippen molar-refractivity contribution in [2.45, 2.75) is 11.8 Å². The minimum atomic E-state index is -0.666. The van der Waals surface area contributed by atoms with Crippen molar-refractivity contribution in [2.24, 2.45) is 0 Å². The molecule has 0 heterocycles. The summed E-state index contributed by atoms with van der Waals surface area (Å²) in [6, 6.07) is 19.2. The van der Waals surface area contributed by atoms with Crippen molar-refractivity contribution in [2.75, 3.05) is 17.7 Å². The Kier molecular flexibility index (Phi) is 9.46. The van der Waals surface area contributed by atoms with Crippen molar-refractivity contribution in [3.8, 4) is 0 Å². The number of amides is 2. The van der Waals surface area contributed by atoms with Gasteiger partial charge < -0.3 is 15.4 Å². The molecule has 180 valence electrons. The molecule has 9 heteroatoms.